The van der Waals surface area contributed by atoms with Gasteiger partial charge in [0.1, 0.15) is 5.82 Å². The molecule has 0 aromatic heterocycles. The summed E-state index contributed by atoms with van der Waals surface area (Å²) >= 11 is 0. The number of hydrogen-bond acceptors (Lipinski definition) is 2. The number of nitrogens with zero attached hydrogens (tertiary/aromatic N) is 2. The van der Waals surface area contributed by atoms with Crippen molar-refractivity contribution in [2.24, 2.45) is 10.7 Å². The van der Waals surface area contributed by atoms with Crippen LogP contribution >= 0.6 is 0 Å². The Bertz CT molecular complexity index is 458. The molecule has 1 aliphatic rings. The van der Waals surface area contributed by atoms with E-state index >= 15 is 0 Å². The Kier molecular flexibility index (Phi) is 5.99. The van der Waals surface area contributed by atoms with Gasteiger partial charge in [0.2, 0.25) is 0 Å². The summed E-state index contributed by atoms with van der Waals surface area (Å²) in [7, 11) is 0. The van der Waals surface area contributed by atoms with Crippen molar-refractivity contribution in [3.8, 4) is 0 Å². The van der Waals surface area contributed by atoms with Gasteiger partial charge in [-0.3, -0.25) is 9.89 Å². The number of nitrogens with one attached hydrogen (secondary N) is 1. The van der Waals surface area contributed by atoms with Crippen LogP contribution in [0, 0.1) is 5.82 Å². The fraction of sp³-hybridized carbons (Fsp3) is 0.562. The molecular formula is C16H25FN4. The van der Waals surface area contributed by atoms with E-state index in [9.17, 15) is 4.39 Å². The molecule has 5 heteroatoms. The van der Waals surface area contributed by atoms with E-state index in [1.807, 2.05) is 0 Å². The standard InChI is InChI=1S/C16H25FN4/c1-2-21-11-3-4-15(21)12-20-16(18)19-10-9-13-5-7-14(17)8-6-13/h5-8,15H,2-4,9-12H2,1H3,(H3,18,19,20). The number of likely N-dealkylation sites (N-methyl/N-ethyl adjacent to an activating group) is 1. The first-order valence-electron chi connectivity index (χ1n) is 7.71. The molecule has 0 bridgehead atoms. The average molecular weight is 292 g/mol. The van der Waals surface area contributed by atoms with Crippen LogP contribution in [-0.2, 0) is 6.42 Å². The topological polar surface area (TPSA) is 53.6 Å². The normalized spacial score (nSPS) is 19.9. The van der Waals surface area contributed by atoms with Crippen molar-refractivity contribution >= 4 is 5.96 Å². The maximum absolute atomic E-state index is 12.8. The number of guanidine groups is 1. The minimum Gasteiger partial charge on any atom is -0.370 e. The quantitative estimate of drug-likeness (QED) is 0.620. The van der Waals surface area contributed by atoms with E-state index in [-0.39, 0.29) is 5.82 Å². The number of likely N-dealkylation sites (tertiary alicyclic amines) is 1. The summed E-state index contributed by atoms with van der Waals surface area (Å²) in [6.07, 6.45) is 3.27. The first kappa shape index (κ1) is 15.8. The number of halogens is 1. The van der Waals surface area contributed by atoms with Gasteiger partial charge in [0.05, 0.1) is 6.54 Å². The van der Waals surface area contributed by atoms with E-state index in [0.29, 0.717) is 18.5 Å². The third kappa shape index (κ3) is 5.01. The molecule has 1 atom stereocenters. The largest absolute Gasteiger partial charge is 0.370 e. The molecule has 116 valence electrons. The highest BCUT2D eigenvalue weighted by Crippen LogP contribution is 2.16. The number of benzene rings is 1. The summed E-state index contributed by atoms with van der Waals surface area (Å²) in [4.78, 5) is 6.88. The molecule has 1 aromatic carbocycles. The highest BCUT2D eigenvalue weighted by Gasteiger charge is 2.22. The number of nitrogens with two attached hydrogens (primary N) is 1. The molecule has 2 rings (SSSR count). The van der Waals surface area contributed by atoms with Crippen LogP contribution in [0.3, 0.4) is 0 Å². The Balaban J connectivity index is 1.70. The first-order valence-corrected chi connectivity index (χ1v) is 7.71. The lowest BCUT2D eigenvalue weighted by Gasteiger charge is -2.20. The molecule has 4 nitrogen and oxygen atoms in total. The molecule has 1 aliphatic heterocycles. The van der Waals surface area contributed by atoms with Crippen molar-refractivity contribution in [3.63, 3.8) is 0 Å². The van der Waals surface area contributed by atoms with Crippen LogP contribution in [0.25, 0.3) is 0 Å². The van der Waals surface area contributed by atoms with E-state index in [1.54, 1.807) is 12.1 Å². The zero-order valence-electron chi connectivity index (χ0n) is 12.7. The predicted octanol–water partition coefficient (Wildman–Crippen LogP) is 1.76. The summed E-state index contributed by atoms with van der Waals surface area (Å²) in [5.41, 5.74) is 6.97. The fourth-order valence-corrected chi connectivity index (χ4v) is 2.76. The van der Waals surface area contributed by atoms with E-state index < -0.39 is 0 Å². The third-order valence-electron chi connectivity index (χ3n) is 4.01. The van der Waals surface area contributed by atoms with Gasteiger partial charge in [0, 0.05) is 12.6 Å². The van der Waals surface area contributed by atoms with E-state index in [0.717, 1.165) is 25.1 Å². The Morgan fingerprint density at radius 1 is 1.43 bits per heavy atom. The molecule has 0 spiro atoms. The van der Waals surface area contributed by atoms with Crippen molar-refractivity contribution in [2.45, 2.75) is 32.2 Å². The van der Waals surface area contributed by atoms with Crippen LogP contribution in [0.2, 0.25) is 0 Å². The number of rotatable bonds is 6. The lowest BCUT2D eigenvalue weighted by Crippen LogP contribution is -2.36. The van der Waals surface area contributed by atoms with Crippen LogP contribution in [0.15, 0.2) is 29.3 Å². The maximum Gasteiger partial charge on any atom is 0.188 e. The monoisotopic (exact) mass is 292 g/mol. The van der Waals surface area contributed by atoms with Crippen LogP contribution in [0.1, 0.15) is 25.3 Å². The van der Waals surface area contributed by atoms with E-state index in [1.165, 1.54) is 31.5 Å². The predicted molar refractivity (Wildman–Crippen MR) is 84.9 cm³/mol. The molecule has 1 saturated heterocycles. The highest BCUT2D eigenvalue weighted by molar-refractivity contribution is 5.77. The summed E-state index contributed by atoms with van der Waals surface area (Å²) < 4.78 is 12.8. The van der Waals surface area contributed by atoms with Gasteiger partial charge in [0.15, 0.2) is 5.96 Å². The van der Waals surface area contributed by atoms with Crippen molar-refractivity contribution in [1.29, 1.82) is 0 Å². The molecule has 1 aromatic rings. The molecule has 0 aliphatic carbocycles. The Morgan fingerprint density at radius 3 is 2.90 bits per heavy atom. The van der Waals surface area contributed by atoms with Gasteiger partial charge in [-0.1, -0.05) is 19.1 Å². The molecule has 21 heavy (non-hydrogen) atoms. The lowest BCUT2D eigenvalue weighted by atomic mass is 10.1. The summed E-state index contributed by atoms with van der Waals surface area (Å²) in [6.45, 7) is 5.92. The van der Waals surface area contributed by atoms with Crippen molar-refractivity contribution < 1.29 is 4.39 Å². The molecule has 0 radical (unpaired) electrons. The van der Waals surface area contributed by atoms with Gasteiger partial charge in [0.25, 0.3) is 0 Å². The molecule has 3 N–H and O–H groups in total. The average Bonchev–Trinajstić information content (AvgIpc) is 2.95. The third-order valence-corrected chi connectivity index (χ3v) is 4.01. The summed E-state index contributed by atoms with van der Waals surface area (Å²) in [5, 5.41) is 3.12. The summed E-state index contributed by atoms with van der Waals surface area (Å²) in [6, 6.07) is 7.08. The van der Waals surface area contributed by atoms with E-state index in [4.69, 9.17) is 5.73 Å². The highest BCUT2D eigenvalue weighted by atomic mass is 19.1. The zero-order valence-corrected chi connectivity index (χ0v) is 12.7. The smallest absolute Gasteiger partial charge is 0.188 e. The Labute approximate surface area is 126 Å². The van der Waals surface area contributed by atoms with E-state index in [2.05, 4.69) is 22.1 Å². The van der Waals surface area contributed by atoms with Crippen LogP contribution in [0.4, 0.5) is 4.39 Å². The minimum atomic E-state index is -0.204. The van der Waals surface area contributed by atoms with Gasteiger partial charge in [-0.25, -0.2) is 4.39 Å². The number of aliphatic imine (C=N–C) groups is 1. The first-order chi connectivity index (χ1) is 10.2. The van der Waals surface area contributed by atoms with Gasteiger partial charge >= 0.3 is 0 Å². The zero-order chi connectivity index (χ0) is 15.1. The van der Waals surface area contributed by atoms with Gasteiger partial charge < -0.3 is 11.1 Å². The van der Waals surface area contributed by atoms with Crippen molar-refractivity contribution in [2.75, 3.05) is 26.2 Å². The number of hydrogen-bond donors (Lipinski definition) is 2. The Hall–Kier alpha value is -1.62. The van der Waals surface area contributed by atoms with Crippen molar-refractivity contribution in [3.05, 3.63) is 35.6 Å². The van der Waals surface area contributed by atoms with Gasteiger partial charge in [-0.2, -0.15) is 0 Å². The molecular weight excluding hydrogens is 267 g/mol. The lowest BCUT2D eigenvalue weighted by molar-refractivity contribution is 0.273. The maximum atomic E-state index is 12.8. The van der Waals surface area contributed by atoms with Crippen LogP contribution in [-0.4, -0.2) is 43.1 Å². The fourth-order valence-electron chi connectivity index (χ4n) is 2.76. The second kappa shape index (κ2) is 7.98. The minimum absolute atomic E-state index is 0.204. The molecule has 0 amide bonds. The molecule has 1 fully saturated rings. The second-order valence-electron chi connectivity index (χ2n) is 5.45. The van der Waals surface area contributed by atoms with Gasteiger partial charge in [-0.05, 0) is 50.0 Å². The van der Waals surface area contributed by atoms with Crippen LogP contribution < -0.4 is 11.1 Å². The molecule has 0 saturated carbocycles. The Morgan fingerprint density at radius 2 is 2.19 bits per heavy atom. The van der Waals surface area contributed by atoms with Crippen LogP contribution in [0.5, 0.6) is 0 Å². The molecule has 1 unspecified atom stereocenters. The summed E-state index contributed by atoms with van der Waals surface area (Å²) in [5.74, 6) is 0.296. The van der Waals surface area contributed by atoms with Gasteiger partial charge in [-0.15, -0.1) is 0 Å². The van der Waals surface area contributed by atoms with Crippen molar-refractivity contribution in [1.82, 2.24) is 10.2 Å². The molecule has 1 heterocycles. The second-order valence-corrected chi connectivity index (χ2v) is 5.45. The SMILES string of the molecule is CCN1CCCC1CN=C(N)NCCc1ccc(F)cc1.